The molecule has 0 radical (unpaired) electrons. The highest BCUT2D eigenvalue weighted by atomic mass is 32.2. The van der Waals surface area contributed by atoms with Gasteiger partial charge in [-0.2, -0.15) is 11.3 Å². The van der Waals surface area contributed by atoms with E-state index in [0.29, 0.717) is 5.89 Å². The van der Waals surface area contributed by atoms with Gasteiger partial charge < -0.3 is 4.42 Å². The predicted octanol–water partition coefficient (Wildman–Crippen LogP) is 2.28. The molecule has 0 N–H and O–H groups in total. The summed E-state index contributed by atoms with van der Waals surface area (Å²) in [6, 6.07) is 2.02. The lowest BCUT2D eigenvalue weighted by molar-refractivity contribution is 0.286. The molecule has 4 nitrogen and oxygen atoms in total. The Labute approximate surface area is 118 Å². The highest BCUT2D eigenvalue weighted by Gasteiger charge is 2.19. The van der Waals surface area contributed by atoms with E-state index in [1.54, 1.807) is 11.3 Å². The average Bonchev–Trinajstić information content (AvgIpc) is 3.03. The zero-order valence-electron chi connectivity index (χ0n) is 10.8. The van der Waals surface area contributed by atoms with E-state index in [1.165, 1.54) is 0 Å². The van der Waals surface area contributed by atoms with Crippen molar-refractivity contribution in [2.75, 3.05) is 24.6 Å². The Kier molecular flexibility index (Phi) is 3.81. The van der Waals surface area contributed by atoms with Crippen molar-refractivity contribution in [3.05, 3.63) is 28.3 Å². The molecule has 0 saturated carbocycles. The molecule has 1 aliphatic rings. The topological polar surface area (TPSA) is 46.3 Å². The van der Waals surface area contributed by atoms with Crippen molar-refractivity contribution in [1.29, 1.82) is 0 Å². The molecule has 6 heteroatoms. The number of hydrogen-bond donors (Lipinski definition) is 0. The summed E-state index contributed by atoms with van der Waals surface area (Å²) >= 11 is 1.64. The molecule has 3 rings (SSSR count). The van der Waals surface area contributed by atoms with Gasteiger partial charge in [0.2, 0.25) is 5.89 Å². The lowest BCUT2D eigenvalue weighted by atomic mass is 10.3. The molecule has 0 bridgehead atoms. The zero-order chi connectivity index (χ0) is 13.2. The van der Waals surface area contributed by atoms with Crippen LogP contribution in [0.2, 0.25) is 0 Å². The van der Waals surface area contributed by atoms with Gasteiger partial charge in [-0.05, 0) is 18.4 Å². The summed E-state index contributed by atoms with van der Waals surface area (Å²) in [6.07, 6.45) is 0. The lowest BCUT2D eigenvalue weighted by Gasteiger charge is -2.25. The zero-order valence-corrected chi connectivity index (χ0v) is 12.4. The first-order valence-electron chi connectivity index (χ1n) is 6.28. The minimum atomic E-state index is -0.627. The Morgan fingerprint density at radius 1 is 1.47 bits per heavy atom. The summed E-state index contributed by atoms with van der Waals surface area (Å²) < 4.78 is 17.1. The maximum Gasteiger partial charge on any atom is 0.227 e. The largest absolute Gasteiger partial charge is 0.441 e. The second-order valence-electron chi connectivity index (χ2n) is 4.66. The third-order valence-electron chi connectivity index (χ3n) is 3.30. The molecule has 0 aliphatic carbocycles. The normalized spacial score (nSPS) is 17.9. The Balaban J connectivity index is 1.73. The van der Waals surface area contributed by atoms with Crippen molar-refractivity contribution < 1.29 is 8.63 Å². The minimum Gasteiger partial charge on any atom is -0.441 e. The van der Waals surface area contributed by atoms with Gasteiger partial charge in [0.05, 0.1) is 5.69 Å². The van der Waals surface area contributed by atoms with E-state index in [1.807, 2.05) is 23.8 Å². The van der Waals surface area contributed by atoms with Crippen molar-refractivity contribution in [3.63, 3.8) is 0 Å². The summed E-state index contributed by atoms with van der Waals surface area (Å²) in [5.74, 6) is 3.13. The SMILES string of the molecule is Cc1oc(-c2ccsc2)nc1CN1CCS(=O)CC1. The maximum absolute atomic E-state index is 11.3. The number of hydrogen-bond acceptors (Lipinski definition) is 5. The molecular formula is C13H16N2O2S2. The lowest BCUT2D eigenvalue weighted by Crippen LogP contribution is -2.37. The van der Waals surface area contributed by atoms with Gasteiger partial charge in [-0.3, -0.25) is 9.11 Å². The molecule has 1 saturated heterocycles. The van der Waals surface area contributed by atoms with Gasteiger partial charge in [0.25, 0.3) is 0 Å². The van der Waals surface area contributed by atoms with Crippen molar-refractivity contribution in [2.24, 2.45) is 0 Å². The summed E-state index contributed by atoms with van der Waals surface area (Å²) in [5.41, 5.74) is 2.04. The van der Waals surface area contributed by atoms with Gasteiger partial charge in [-0.15, -0.1) is 0 Å². The van der Waals surface area contributed by atoms with Gasteiger partial charge in [-0.25, -0.2) is 4.98 Å². The maximum atomic E-state index is 11.3. The van der Waals surface area contributed by atoms with Crippen LogP contribution >= 0.6 is 11.3 Å². The van der Waals surface area contributed by atoms with Gasteiger partial charge in [0.1, 0.15) is 5.76 Å². The standard InChI is InChI=1S/C13H16N2O2S2/c1-10-12(8-15-3-6-19(16)7-4-15)14-13(17-10)11-2-5-18-9-11/h2,5,9H,3-4,6-8H2,1H3. The Morgan fingerprint density at radius 3 is 2.95 bits per heavy atom. The van der Waals surface area contributed by atoms with Crippen LogP contribution in [0, 0.1) is 6.92 Å². The number of nitrogens with zero attached hydrogens (tertiary/aromatic N) is 2. The van der Waals surface area contributed by atoms with Crippen molar-refractivity contribution >= 4 is 22.1 Å². The number of thiophene rings is 1. The Bertz CT molecular complexity index is 567. The molecule has 1 aliphatic heterocycles. The first-order chi connectivity index (χ1) is 9.22. The van der Waals surface area contributed by atoms with Crippen LogP contribution in [0.1, 0.15) is 11.5 Å². The van der Waals surface area contributed by atoms with Crippen LogP contribution in [0.4, 0.5) is 0 Å². The van der Waals surface area contributed by atoms with E-state index in [4.69, 9.17) is 4.42 Å². The van der Waals surface area contributed by atoms with Crippen molar-refractivity contribution in [2.45, 2.75) is 13.5 Å². The molecule has 0 aromatic carbocycles. The average molecular weight is 296 g/mol. The van der Waals surface area contributed by atoms with E-state index in [9.17, 15) is 4.21 Å². The number of aromatic nitrogens is 1. The molecule has 0 atom stereocenters. The molecule has 2 aromatic heterocycles. The molecule has 19 heavy (non-hydrogen) atoms. The van der Waals surface area contributed by atoms with Crippen LogP contribution in [0.25, 0.3) is 11.5 Å². The molecule has 3 heterocycles. The summed E-state index contributed by atoms with van der Waals surface area (Å²) in [6.45, 7) is 4.51. The van der Waals surface area contributed by atoms with Crippen LogP contribution in [-0.2, 0) is 17.3 Å². The quantitative estimate of drug-likeness (QED) is 0.872. The first kappa shape index (κ1) is 13.0. The fourth-order valence-electron chi connectivity index (χ4n) is 2.13. The van der Waals surface area contributed by atoms with E-state index in [0.717, 1.165) is 48.2 Å². The van der Waals surface area contributed by atoms with Crippen LogP contribution in [-0.4, -0.2) is 38.7 Å². The van der Waals surface area contributed by atoms with E-state index in [-0.39, 0.29) is 0 Å². The Hall–Kier alpha value is -0.980. The monoisotopic (exact) mass is 296 g/mol. The number of aryl methyl sites for hydroxylation is 1. The van der Waals surface area contributed by atoms with E-state index >= 15 is 0 Å². The first-order valence-corrected chi connectivity index (χ1v) is 8.71. The predicted molar refractivity (Wildman–Crippen MR) is 77.7 cm³/mol. The Morgan fingerprint density at radius 2 is 2.26 bits per heavy atom. The molecule has 2 aromatic rings. The molecule has 0 unspecified atom stereocenters. The number of rotatable bonds is 3. The molecular weight excluding hydrogens is 280 g/mol. The second kappa shape index (κ2) is 5.56. The van der Waals surface area contributed by atoms with E-state index in [2.05, 4.69) is 9.88 Å². The van der Waals surface area contributed by atoms with Crippen molar-refractivity contribution in [3.8, 4) is 11.5 Å². The highest BCUT2D eigenvalue weighted by Crippen LogP contribution is 2.24. The summed E-state index contributed by atoms with van der Waals surface area (Å²) in [7, 11) is -0.627. The summed E-state index contributed by atoms with van der Waals surface area (Å²) in [5, 5.41) is 4.06. The summed E-state index contributed by atoms with van der Waals surface area (Å²) in [4.78, 5) is 6.88. The van der Waals surface area contributed by atoms with E-state index < -0.39 is 10.8 Å². The van der Waals surface area contributed by atoms with Crippen LogP contribution in [0.15, 0.2) is 21.2 Å². The van der Waals surface area contributed by atoms with Crippen molar-refractivity contribution in [1.82, 2.24) is 9.88 Å². The fourth-order valence-corrected chi connectivity index (χ4v) is 3.89. The van der Waals surface area contributed by atoms with Gasteiger partial charge in [0, 0.05) is 52.9 Å². The van der Waals surface area contributed by atoms with Crippen LogP contribution < -0.4 is 0 Å². The second-order valence-corrected chi connectivity index (χ2v) is 7.13. The highest BCUT2D eigenvalue weighted by molar-refractivity contribution is 7.85. The molecule has 0 amide bonds. The smallest absolute Gasteiger partial charge is 0.227 e. The van der Waals surface area contributed by atoms with Gasteiger partial charge in [-0.1, -0.05) is 0 Å². The molecule has 0 spiro atoms. The number of oxazole rings is 1. The van der Waals surface area contributed by atoms with Crippen LogP contribution in [0.5, 0.6) is 0 Å². The molecule has 1 fully saturated rings. The third-order valence-corrected chi connectivity index (χ3v) is 5.26. The fraction of sp³-hybridized carbons (Fsp3) is 0.462. The molecule has 102 valence electrons. The van der Waals surface area contributed by atoms with Gasteiger partial charge >= 0.3 is 0 Å². The van der Waals surface area contributed by atoms with Crippen LogP contribution in [0.3, 0.4) is 0 Å². The van der Waals surface area contributed by atoms with Gasteiger partial charge in [0.15, 0.2) is 0 Å². The minimum absolute atomic E-state index is 0.627. The third kappa shape index (κ3) is 2.96.